The third-order valence-electron chi connectivity index (χ3n) is 3.46. The highest BCUT2D eigenvalue weighted by Crippen LogP contribution is 2.20. The van der Waals surface area contributed by atoms with Crippen molar-refractivity contribution in [1.29, 1.82) is 0 Å². The Morgan fingerprint density at radius 2 is 1.65 bits per heavy atom. The van der Waals surface area contributed by atoms with Crippen molar-refractivity contribution >= 4 is 23.1 Å². The van der Waals surface area contributed by atoms with Gasteiger partial charge in [0.15, 0.2) is 11.5 Å². The van der Waals surface area contributed by atoms with Crippen LogP contribution in [0.5, 0.6) is 5.75 Å². The molecule has 0 fully saturated rings. The molecule has 3 rings (SSSR count). The first-order valence-corrected chi connectivity index (χ1v) is 7.57. The van der Waals surface area contributed by atoms with Crippen molar-refractivity contribution in [2.75, 3.05) is 17.7 Å². The molecule has 0 spiro atoms. The maximum Gasteiger partial charge on any atom is 0.276 e. The highest BCUT2D eigenvalue weighted by atomic mass is 19.1. The van der Waals surface area contributed by atoms with Gasteiger partial charge in [-0.15, -0.1) is 10.2 Å². The van der Waals surface area contributed by atoms with Gasteiger partial charge in [-0.1, -0.05) is 6.07 Å². The zero-order valence-electron chi connectivity index (χ0n) is 13.7. The number of methoxy groups -OCH3 is 1. The Hall–Kier alpha value is -3.55. The summed E-state index contributed by atoms with van der Waals surface area (Å²) in [5.41, 5.74) is 0.151. The number of rotatable bonds is 5. The number of carbonyl (C=O) groups is 1. The summed E-state index contributed by atoms with van der Waals surface area (Å²) in [5, 5.41) is 12.8. The van der Waals surface area contributed by atoms with Gasteiger partial charge >= 0.3 is 0 Å². The Morgan fingerprint density at radius 1 is 0.962 bits per heavy atom. The lowest BCUT2D eigenvalue weighted by Crippen LogP contribution is -2.16. The molecule has 0 radical (unpaired) electrons. The lowest BCUT2D eigenvalue weighted by molar-refractivity contribution is 0.102. The largest absolute Gasteiger partial charge is 0.497 e. The zero-order valence-corrected chi connectivity index (χ0v) is 13.7. The molecule has 1 amide bonds. The van der Waals surface area contributed by atoms with Gasteiger partial charge in [-0.3, -0.25) is 4.79 Å². The number of para-hydroxylation sites is 1. The number of aromatic nitrogens is 2. The minimum absolute atomic E-state index is 0.0760. The van der Waals surface area contributed by atoms with Gasteiger partial charge in [-0.25, -0.2) is 8.78 Å². The van der Waals surface area contributed by atoms with E-state index in [-0.39, 0.29) is 5.69 Å². The number of hydrogen-bond acceptors (Lipinski definition) is 5. The van der Waals surface area contributed by atoms with Crippen molar-refractivity contribution in [2.24, 2.45) is 0 Å². The Bertz CT molecular complexity index is 895. The fraction of sp³-hybridized carbons (Fsp3) is 0.0556. The maximum atomic E-state index is 13.6. The SMILES string of the molecule is COc1ccc(Nc2ccc(C(=O)Nc3c(F)cccc3F)nn2)cc1. The minimum Gasteiger partial charge on any atom is -0.497 e. The quantitative estimate of drug-likeness (QED) is 0.728. The topological polar surface area (TPSA) is 76.1 Å². The van der Waals surface area contributed by atoms with Crippen LogP contribution in [0, 0.1) is 11.6 Å². The second kappa shape index (κ2) is 7.56. The van der Waals surface area contributed by atoms with Crippen LogP contribution < -0.4 is 15.4 Å². The lowest BCUT2D eigenvalue weighted by Gasteiger charge is -2.08. The zero-order chi connectivity index (χ0) is 18.5. The number of ether oxygens (including phenoxy) is 1. The van der Waals surface area contributed by atoms with Crippen LogP contribution in [0.4, 0.5) is 26.0 Å². The number of benzene rings is 2. The van der Waals surface area contributed by atoms with Crippen molar-refractivity contribution < 1.29 is 18.3 Å². The first-order valence-electron chi connectivity index (χ1n) is 7.57. The van der Waals surface area contributed by atoms with E-state index < -0.39 is 23.2 Å². The summed E-state index contributed by atoms with van der Waals surface area (Å²) >= 11 is 0. The van der Waals surface area contributed by atoms with Crippen LogP contribution in [0.15, 0.2) is 54.6 Å². The monoisotopic (exact) mass is 356 g/mol. The molecule has 0 bridgehead atoms. The van der Waals surface area contributed by atoms with Crippen LogP contribution in [0.2, 0.25) is 0 Å². The number of nitrogens with one attached hydrogen (secondary N) is 2. The van der Waals surface area contributed by atoms with Gasteiger partial charge in [0.1, 0.15) is 23.1 Å². The molecule has 6 nitrogen and oxygen atoms in total. The van der Waals surface area contributed by atoms with E-state index >= 15 is 0 Å². The molecule has 132 valence electrons. The molecule has 0 saturated carbocycles. The summed E-state index contributed by atoms with van der Waals surface area (Å²) in [6.07, 6.45) is 0. The molecule has 1 heterocycles. The molecular weight excluding hydrogens is 342 g/mol. The van der Waals surface area contributed by atoms with Crippen molar-refractivity contribution in [3.63, 3.8) is 0 Å². The van der Waals surface area contributed by atoms with Crippen LogP contribution in [0.3, 0.4) is 0 Å². The smallest absolute Gasteiger partial charge is 0.276 e. The first-order chi connectivity index (χ1) is 12.6. The highest BCUT2D eigenvalue weighted by molar-refractivity contribution is 6.02. The average molecular weight is 356 g/mol. The number of anilines is 3. The Kier molecular flexibility index (Phi) is 5.02. The number of hydrogen-bond donors (Lipinski definition) is 2. The molecular formula is C18H14F2N4O2. The van der Waals surface area contributed by atoms with Crippen molar-refractivity contribution in [2.45, 2.75) is 0 Å². The predicted molar refractivity (Wildman–Crippen MR) is 92.6 cm³/mol. The lowest BCUT2D eigenvalue weighted by atomic mass is 10.2. The summed E-state index contributed by atoms with van der Waals surface area (Å²) in [4.78, 5) is 12.1. The van der Waals surface area contributed by atoms with Crippen LogP contribution in [-0.4, -0.2) is 23.2 Å². The fourth-order valence-electron chi connectivity index (χ4n) is 2.14. The van der Waals surface area contributed by atoms with E-state index in [9.17, 15) is 13.6 Å². The molecule has 1 aromatic heterocycles. The van der Waals surface area contributed by atoms with Crippen molar-refractivity contribution in [3.05, 3.63) is 71.9 Å². The normalized spacial score (nSPS) is 10.3. The first kappa shape index (κ1) is 17.3. The van der Waals surface area contributed by atoms with E-state index in [4.69, 9.17) is 4.74 Å². The fourth-order valence-corrected chi connectivity index (χ4v) is 2.14. The van der Waals surface area contributed by atoms with E-state index in [1.54, 1.807) is 31.4 Å². The van der Waals surface area contributed by atoms with Gasteiger partial charge in [0, 0.05) is 5.69 Å². The van der Waals surface area contributed by atoms with Gasteiger partial charge in [-0.05, 0) is 48.5 Å². The highest BCUT2D eigenvalue weighted by Gasteiger charge is 2.14. The predicted octanol–water partition coefficient (Wildman–Crippen LogP) is 3.76. The summed E-state index contributed by atoms with van der Waals surface area (Å²) in [6.45, 7) is 0. The third kappa shape index (κ3) is 3.92. The van der Waals surface area contributed by atoms with E-state index in [0.29, 0.717) is 11.6 Å². The summed E-state index contributed by atoms with van der Waals surface area (Å²) in [5.74, 6) is -1.39. The van der Waals surface area contributed by atoms with Crippen LogP contribution in [0.1, 0.15) is 10.5 Å². The van der Waals surface area contributed by atoms with Gasteiger partial charge in [0.2, 0.25) is 0 Å². The van der Waals surface area contributed by atoms with Crippen molar-refractivity contribution in [1.82, 2.24) is 10.2 Å². The van der Waals surface area contributed by atoms with Gasteiger partial charge in [-0.2, -0.15) is 0 Å². The number of halogens is 2. The molecule has 8 heteroatoms. The second-order valence-electron chi connectivity index (χ2n) is 5.21. The Labute approximate surface area is 147 Å². The molecule has 0 atom stereocenters. The van der Waals surface area contributed by atoms with Crippen LogP contribution in [-0.2, 0) is 0 Å². The van der Waals surface area contributed by atoms with Gasteiger partial charge < -0.3 is 15.4 Å². The number of nitrogens with zero attached hydrogens (tertiary/aromatic N) is 2. The summed E-state index contributed by atoms with van der Waals surface area (Å²) in [7, 11) is 1.57. The third-order valence-corrected chi connectivity index (χ3v) is 3.46. The minimum atomic E-state index is -0.871. The maximum absolute atomic E-state index is 13.6. The molecule has 0 unspecified atom stereocenters. The molecule has 0 aliphatic carbocycles. The van der Waals surface area contributed by atoms with Crippen LogP contribution in [0.25, 0.3) is 0 Å². The Balaban J connectivity index is 1.69. The second-order valence-corrected chi connectivity index (χ2v) is 5.21. The molecule has 0 saturated heterocycles. The Morgan fingerprint density at radius 3 is 2.23 bits per heavy atom. The van der Waals surface area contributed by atoms with E-state index in [1.807, 2.05) is 0 Å². The van der Waals surface area contributed by atoms with E-state index in [1.165, 1.54) is 18.2 Å². The molecule has 2 N–H and O–H groups in total. The van der Waals surface area contributed by atoms with Gasteiger partial charge in [0.25, 0.3) is 5.91 Å². The average Bonchev–Trinajstić information content (AvgIpc) is 2.66. The van der Waals surface area contributed by atoms with Crippen molar-refractivity contribution in [3.8, 4) is 5.75 Å². The van der Waals surface area contributed by atoms with E-state index in [0.717, 1.165) is 17.8 Å². The van der Waals surface area contributed by atoms with E-state index in [2.05, 4.69) is 20.8 Å². The summed E-state index contributed by atoms with van der Waals surface area (Å²) < 4.78 is 32.2. The number of carbonyl (C=O) groups excluding carboxylic acids is 1. The molecule has 26 heavy (non-hydrogen) atoms. The molecule has 0 aliphatic rings. The summed E-state index contributed by atoms with van der Waals surface area (Å²) in [6, 6.07) is 13.4. The number of amides is 1. The van der Waals surface area contributed by atoms with Crippen LogP contribution >= 0.6 is 0 Å². The molecule has 3 aromatic rings. The molecule has 2 aromatic carbocycles. The molecule has 0 aliphatic heterocycles. The van der Waals surface area contributed by atoms with Gasteiger partial charge in [0.05, 0.1) is 7.11 Å². The standard InChI is InChI=1S/C18H14F2N4O2/c1-26-12-7-5-11(6-8-12)21-16-10-9-15(23-24-16)18(25)22-17-13(19)3-2-4-14(17)20/h2-10H,1H3,(H,21,24)(H,22,25).